The number of likely N-dealkylation sites (tertiary alicyclic amines) is 1. The van der Waals surface area contributed by atoms with Crippen LogP contribution in [0, 0.1) is 10.8 Å². The number of hydrogen-bond acceptors (Lipinski definition) is 9. The van der Waals surface area contributed by atoms with Gasteiger partial charge in [-0.25, -0.2) is 9.80 Å². The average Bonchev–Trinajstić information content (AvgIpc) is 3.51. The number of amides is 4. The highest BCUT2D eigenvalue weighted by Crippen LogP contribution is 2.29. The van der Waals surface area contributed by atoms with Crippen LogP contribution in [0.2, 0.25) is 0 Å². The molecule has 4 atom stereocenters. The predicted molar refractivity (Wildman–Crippen MR) is 231 cm³/mol. The highest BCUT2D eigenvalue weighted by Gasteiger charge is 2.33. The number of ketones is 1. The Morgan fingerprint density at radius 3 is 1.70 bits per heavy atom. The van der Waals surface area contributed by atoms with Crippen molar-refractivity contribution >= 4 is 42.4 Å². The Hall–Kier alpha value is -2.48. The van der Waals surface area contributed by atoms with Crippen molar-refractivity contribution in [3.63, 3.8) is 0 Å². The van der Waals surface area contributed by atoms with E-state index in [2.05, 4.69) is 99.6 Å². The highest BCUT2D eigenvalue weighted by atomic mass is 32.2. The summed E-state index contributed by atoms with van der Waals surface area (Å²) in [6.07, 6.45) is 8.91. The number of carbonyl (C=O) groups is 5. The van der Waals surface area contributed by atoms with E-state index >= 15 is 0 Å². The largest absolute Gasteiger partial charge is 0.355 e. The molecule has 2 aliphatic rings. The molecule has 0 spiro atoms. The van der Waals surface area contributed by atoms with Crippen LogP contribution in [-0.4, -0.2) is 114 Å². The first-order valence-corrected chi connectivity index (χ1v) is 21.0. The molecule has 0 aromatic rings. The van der Waals surface area contributed by atoms with Crippen molar-refractivity contribution in [3.05, 3.63) is 12.7 Å². The van der Waals surface area contributed by atoms with Crippen LogP contribution < -0.4 is 21.3 Å². The minimum Gasteiger partial charge on any atom is -0.355 e. The number of hydrazine groups is 1. The first-order valence-electron chi connectivity index (χ1n) is 20.1. The summed E-state index contributed by atoms with van der Waals surface area (Å²) in [5.74, 6) is 0.771. The summed E-state index contributed by atoms with van der Waals surface area (Å²) in [6.45, 7) is 39.4. The van der Waals surface area contributed by atoms with Crippen LogP contribution >= 0.6 is 11.9 Å². The third-order valence-corrected chi connectivity index (χ3v) is 9.31. The molecule has 0 radical (unpaired) electrons. The lowest BCUT2D eigenvalue weighted by Gasteiger charge is -2.46. The molecule has 0 saturated carbocycles. The topological polar surface area (TPSA) is 143 Å². The lowest BCUT2D eigenvalue weighted by Crippen LogP contribution is -2.58. The Bertz CT molecular complexity index is 991. The molecule has 0 bridgehead atoms. The predicted octanol–water partition coefficient (Wildman–Crippen LogP) is 7.24. The number of nitrogens with zero attached hydrogens (tertiary/aromatic N) is 3. The number of aldehydes is 1. The van der Waals surface area contributed by atoms with Gasteiger partial charge in [0.2, 0.25) is 12.3 Å². The van der Waals surface area contributed by atoms with Gasteiger partial charge in [0.15, 0.2) is 5.78 Å². The molecule has 54 heavy (non-hydrogen) atoms. The fourth-order valence-corrected chi connectivity index (χ4v) is 5.73. The summed E-state index contributed by atoms with van der Waals surface area (Å²) in [5, 5.41) is 13.3. The summed E-state index contributed by atoms with van der Waals surface area (Å²) in [5.41, 5.74) is -0.378. The molecule has 2 heterocycles. The van der Waals surface area contributed by atoms with E-state index in [1.54, 1.807) is 24.9 Å². The summed E-state index contributed by atoms with van der Waals surface area (Å²) in [6, 6.07) is -0.706. The SMILES string of the molecule is C=CCNC=O.CC.CC(=O)C(C)NC(=O)C1CCCN1C.CC(C)N1CCN1SCC(NC(=O)NC(C=O)C(C)(C)C)C(C)(C)C.CCC.CCCC. The van der Waals surface area contributed by atoms with Gasteiger partial charge in [-0.2, -0.15) is 4.41 Å². The van der Waals surface area contributed by atoms with E-state index < -0.39 is 6.04 Å². The maximum absolute atomic E-state index is 12.4. The van der Waals surface area contributed by atoms with Gasteiger partial charge in [-0.1, -0.05) is 120 Å². The molecule has 4 unspecified atom stereocenters. The van der Waals surface area contributed by atoms with E-state index in [1.807, 2.05) is 46.6 Å². The van der Waals surface area contributed by atoms with Crippen LogP contribution in [0.25, 0.3) is 0 Å². The molecule has 13 heteroatoms. The molecule has 2 aliphatic heterocycles. The molecule has 2 rings (SSSR count). The van der Waals surface area contributed by atoms with Gasteiger partial charge in [0.05, 0.1) is 18.1 Å². The van der Waals surface area contributed by atoms with Crippen molar-refractivity contribution in [2.75, 3.05) is 39.0 Å². The Kier molecular flexibility index (Phi) is 36.5. The van der Waals surface area contributed by atoms with Gasteiger partial charge < -0.3 is 26.1 Å². The highest BCUT2D eigenvalue weighted by molar-refractivity contribution is 7.97. The zero-order chi connectivity index (χ0) is 43.1. The monoisotopic (exact) mass is 788 g/mol. The molecule has 0 aromatic heterocycles. The third-order valence-electron chi connectivity index (χ3n) is 8.14. The molecule has 2 fully saturated rings. The van der Waals surface area contributed by atoms with E-state index in [-0.39, 0.29) is 46.7 Å². The standard InChI is InChI=1S/C18H36N4O2S.C10H18N2O2.C4H7NO.C4H10.C3H8.C2H6/c1-13(2)21-9-10-22(21)25-12-15(18(6,7)8)20-16(24)19-14(11-23)17(3,4)5;1-7(8(2)13)11-10(14)9-5-4-6-12(9)3;1-2-3-5-4-6;1-3-4-2;1-3-2;1-2/h11,13-15H,9-10,12H2,1-8H3,(H2,19,20,24);7,9H,4-6H2,1-3H3,(H,11,14);2,4H,1,3H2,(H,5,6);3-4H2,1-2H3;3H2,1-2H3;1-2H3. The quantitative estimate of drug-likeness (QED) is 0.0620. The number of hydrogen-bond donors (Lipinski definition) is 4. The first kappa shape index (κ1) is 58.2. The maximum atomic E-state index is 12.4. The average molecular weight is 788 g/mol. The number of nitrogens with one attached hydrogen (secondary N) is 4. The molecule has 12 nitrogen and oxygen atoms in total. The maximum Gasteiger partial charge on any atom is 0.315 e. The van der Waals surface area contributed by atoms with Gasteiger partial charge in [-0.15, -0.1) is 6.58 Å². The second-order valence-corrected chi connectivity index (χ2v) is 16.7. The van der Waals surface area contributed by atoms with E-state index in [0.29, 0.717) is 19.0 Å². The fraction of sp³-hybridized carbons (Fsp3) is 0.829. The van der Waals surface area contributed by atoms with Crippen molar-refractivity contribution in [2.24, 2.45) is 10.8 Å². The zero-order valence-electron chi connectivity index (χ0n) is 37.7. The van der Waals surface area contributed by atoms with Crippen molar-refractivity contribution < 1.29 is 24.0 Å². The van der Waals surface area contributed by atoms with Gasteiger partial charge in [-0.05, 0) is 65.0 Å². The van der Waals surface area contributed by atoms with Crippen LogP contribution in [0.4, 0.5) is 4.79 Å². The summed E-state index contributed by atoms with van der Waals surface area (Å²) in [4.78, 5) is 57.7. The Balaban J connectivity index is -0.000000359. The number of carbonyl (C=O) groups excluding carboxylic acids is 5. The van der Waals surface area contributed by atoms with Crippen LogP contribution in [0.15, 0.2) is 12.7 Å². The van der Waals surface area contributed by atoms with E-state index in [1.165, 1.54) is 26.2 Å². The van der Waals surface area contributed by atoms with Crippen molar-refractivity contribution in [1.82, 2.24) is 35.6 Å². The van der Waals surface area contributed by atoms with Crippen molar-refractivity contribution in [2.45, 2.75) is 173 Å². The smallest absolute Gasteiger partial charge is 0.315 e. The lowest BCUT2D eigenvalue weighted by molar-refractivity contribution is -0.129. The summed E-state index contributed by atoms with van der Waals surface area (Å²) >= 11 is 1.75. The molecule has 4 amide bonds. The van der Waals surface area contributed by atoms with Crippen molar-refractivity contribution in [3.8, 4) is 0 Å². The van der Waals surface area contributed by atoms with Gasteiger partial charge in [-0.3, -0.25) is 19.3 Å². The summed E-state index contributed by atoms with van der Waals surface area (Å²) < 4.78 is 2.27. The second kappa shape index (κ2) is 33.8. The second-order valence-electron chi connectivity index (χ2n) is 15.6. The van der Waals surface area contributed by atoms with Gasteiger partial charge in [0.1, 0.15) is 6.29 Å². The molecule has 0 aromatic carbocycles. The van der Waals surface area contributed by atoms with Gasteiger partial charge >= 0.3 is 6.03 Å². The van der Waals surface area contributed by atoms with E-state index in [9.17, 15) is 24.0 Å². The Labute approximate surface area is 336 Å². The molecular formula is C41H85N7O5S. The van der Waals surface area contributed by atoms with E-state index in [4.69, 9.17) is 0 Å². The number of Topliss-reactive ketones (excluding diaryl/α,β-unsaturated/α-hetero) is 1. The van der Waals surface area contributed by atoms with Crippen LogP contribution in [0.1, 0.15) is 143 Å². The molecule has 320 valence electrons. The number of urea groups is 1. The number of likely N-dealkylation sites (N-methyl/N-ethyl adjacent to an activating group) is 1. The first-order chi connectivity index (χ1) is 25.1. The number of rotatable bonds is 14. The minimum atomic E-state index is -0.507. The lowest BCUT2D eigenvalue weighted by atomic mass is 9.87. The number of unbranched alkanes of at least 4 members (excludes halogenated alkanes) is 1. The molecule has 2 saturated heterocycles. The van der Waals surface area contributed by atoms with Gasteiger partial charge in [0, 0.05) is 37.5 Å². The third kappa shape index (κ3) is 28.9. The van der Waals surface area contributed by atoms with Crippen molar-refractivity contribution in [1.29, 1.82) is 0 Å². The molecule has 4 N–H and O–H groups in total. The molecular weight excluding hydrogens is 703 g/mol. The molecule has 0 aliphatic carbocycles. The zero-order valence-corrected chi connectivity index (χ0v) is 38.5. The van der Waals surface area contributed by atoms with Crippen LogP contribution in [-0.2, 0) is 19.2 Å². The van der Waals surface area contributed by atoms with Crippen LogP contribution in [0.3, 0.4) is 0 Å². The van der Waals surface area contributed by atoms with Gasteiger partial charge in [0.25, 0.3) is 0 Å². The normalized spacial score (nSPS) is 17.0. The summed E-state index contributed by atoms with van der Waals surface area (Å²) in [7, 11) is 1.94. The minimum absolute atomic E-state index is 0.000572. The Morgan fingerprint density at radius 1 is 0.870 bits per heavy atom. The van der Waals surface area contributed by atoms with E-state index in [0.717, 1.165) is 44.5 Å². The van der Waals surface area contributed by atoms with Crippen LogP contribution in [0.5, 0.6) is 0 Å². The fourth-order valence-electron chi connectivity index (χ4n) is 4.20. The Morgan fingerprint density at radius 2 is 1.41 bits per heavy atom.